The van der Waals surface area contributed by atoms with Crippen LogP contribution in [0.4, 0.5) is 8.78 Å². The highest BCUT2D eigenvalue weighted by atomic mass is 19.1. The molecule has 0 unspecified atom stereocenters. The smallest absolute Gasteiger partial charge is 0.126 e. The van der Waals surface area contributed by atoms with Gasteiger partial charge in [-0.15, -0.1) is 0 Å². The molecule has 0 amide bonds. The van der Waals surface area contributed by atoms with Gasteiger partial charge in [0.15, 0.2) is 0 Å². The quantitative estimate of drug-likeness (QED) is 0.711. The van der Waals surface area contributed by atoms with Crippen molar-refractivity contribution in [3.63, 3.8) is 0 Å². The average molecular weight is 195 g/mol. The van der Waals surface area contributed by atoms with Gasteiger partial charge in [0.2, 0.25) is 0 Å². The van der Waals surface area contributed by atoms with E-state index in [0.717, 1.165) is 6.07 Å². The molecule has 0 aliphatic carbocycles. The molecule has 0 fully saturated rings. The van der Waals surface area contributed by atoms with Crippen molar-refractivity contribution in [3.05, 3.63) is 35.4 Å². The molecule has 74 valence electrons. The second-order valence-corrected chi connectivity index (χ2v) is 3.95. The van der Waals surface area contributed by atoms with Gasteiger partial charge in [-0.2, -0.15) is 5.26 Å². The second-order valence-electron chi connectivity index (χ2n) is 3.95. The summed E-state index contributed by atoms with van der Waals surface area (Å²) in [5, 5.41) is 8.76. The zero-order valence-corrected chi connectivity index (χ0v) is 8.14. The normalized spacial score (nSPS) is 11.1. The van der Waals surface area contributed by atoms with Crippen LogP contribution in [0.25, 0.3) is 0 Å². The van der Waals surface area contributed by atoms with Crippen LogP contribution in [0.1, 0.15) is 19.4 Å². The molecule has 0 heterocycles. The van der Waals surface area contributed by atoms with E-state index in [4.69, 9.17) is 5.26 Å². The molecule has 14 heavy (non-hydrogen) atoms. The lowest BCUT2D eigenvalue weighted by molar-refractivity contribution is 0.488. The lowest BCUT2D eigenvalue weighted by Crippen LogP contribution is -2.12. The summed E-state index contributed by atoms with van der Waals surface area (Å²) in [5.41, 5.74) is -0.0886. The van der Waals surface area contributed by atoms with Gasteiger partial charge in [-0.25, -0.2) is 8.78 Å². The summed E-state index contributed by atoms with van der Waals surface area (Å²) in [6.07, 6.45) is 0.345. The Morgan fingerprint density at radius 2 is 1.71 bits per heavy atom. The van der Waals surface area contributed by atoms with E-state index < -0.39 is 17.0 Å². The minimum atomic E-state index is -0.603. The number of hydrogen-bond acceptors (Lipinski definition) is 1. The van der Waals surface area contributed by atoms with Gasteiger partial charge in [0.25, 0.3) is 0 Å². The number of hydrogen-bond donors (Lipinski definition) is 0. The Kier molecular flexibility index (Phi) is 2.85. The van der Waals surface area contributed by atoms with Crippen LogP contribution in [0.15, 0.2) is 18.2 Å². The predicted octanol–water partition coefficient (Wildman–Crippen LogP) is 3.06. The Morgan fingerprint density at radius 3 is 2.14 bits per heavy atom. The van der Waals surface area contributed by atoms with Crippen LogP contribution in [-0.2, 0) is 6.42 Å². The van der Waals surface area contributed by atoms with Gasteiger partial charge in [0, 0.05) is 6.07 Å². The summed E-state index contributed by atoms with van der Waals surface area (Å²) >= 11 is 0. The minimum absolute atomic E-state index is 0.345. The van der Waals surface area contributed by atoms with E-state index in [0.29, 0.717) is 12.0 Å². The molecule has 0 aliphatic heterocycles. The Morgan fingerprint density at radius 1 is 1.21 bits per heavy atom. The van der Waals surface area contributed by atoms with Crippen LogP contribution in [0.3, 0.4) is 0 Å². The summed E-state index contributed by atoms with van der Waals surface area (Å²) in [7, 11) is 0. The fraction of sp³-hybridized carbons (Fsp3) is 0.364. The number of halogens is 2. The van der Waals surface area contributed by atoms with E-state index in [2.05, 4.69) is 6.07 Å². The molecule has 3 heteroatoms. The fourth-order valence-electron chi connectivity index (χ4n) is 1.26. The molecule has 1 aromatic carbocycles. The zero-order valence-electron chi connectivity index (χ0n) is 8.14. The highest BCUT2D eigenvalue weighted by molar-refractivity contribution is 5.20. The molecule has 0 saturated carbocycles. The van der Waals surface area contributed by atoms with Crippen molar-refractivity contribution in [2.45, 2.75) is 20.3 Å². The highest BCUT2D eigenvalue weighted by Crippen LogP contribution is 2.21. The molecule has 0 atom stereocenters. The van der Waals surface area contributed by atoms with Crippen molar-refractivity contribution in [1.82, 2.24) is 0 Å². The van der Waals surface area contributed by atoms with Crippen LogP contribution in [0.5, 0.6) is 0 Å². The monoisotopic (exact) mass is 195 g/mol. The zero-order chi connectivity index (χ0) is 10.8. The van der Waals surface area contributed by atoms with Crippen molar-refractivity contribution < 1.29 is 8.78 Å². The summed E-state index contributed by atoms with van der Waals surface area (Å²) in [4.78, 5) is 0. The summed E-state index contributed by atoms with van der Waals surface area (Å²) in [6.45, 7) is 3.46. The molecule has 0 saturated heterocycles. The molecular formula is C11H11F2N. The fourth-order valence-corrected chi connectivity index (χ4v) is 1.26. The first-order valence-corrected chi connectivity index (χ1v) is 4.29. The highest BCUT2D eigenvalue weighted by Gasteiger charge is 2.18. The molecule has 1 rings (SSSR count). The van der Waals surface area contributed by atoms with E-state index >= 15 is 0 Å². The lowest BCUT2D eigenvalue weighted by atomic mass is 9.87. The number of benzene rings is 1. The van der Waals surface area contributed by atoms with Gasteiger partial charge >= 0.3 is 0 Å². The summed E-state index contributed by atoms with van der Waals surface area (Å²) in [5.74, 6) is -1.21. The molecule has 0 radical (unpaired) electrons. The minimum Gasteiger partial charge on any atom is -0.207 e. The van der Waals surface area contributed by atoms with E-state index in [1.54, 1.807) is 13.8 Å². The van der Waals surface area contributed by atoms with Gasteiger partial charge in [0.05, 0.1) is 11.5 Å². The molecule has 0 aliphatic rings. The lowest BCUT2D eigenvalue weighted by Gasteiger charge is -2.14. The molecule has 0 aromatic heterocycles. The van der Waals surface area contributed by atoms with Crippen LogP contribution in [-0.4, -0.2) is 0 Å². The molecule has 1 nitrogen and oxygen atoms in total. The molecule has 0 spiro atoms. The van der Waals surface area contributed by atoms with Gasteiger partial charge in [0.1, 0.15) is 11.6 Å². The van der Waals surface area contributed by atoms with E-state index in [1.807, 2.05) is 0 Å². The Bertz CT molecular complexity index is 357. The van der Waals surface area contributed by atoms with Gasteiger partial charge in [-0.3, -0.25) is 0 Å². The van der Waals surface area contributed by atoms with Gasteiger partial charge in [-0.1, -0.05) is 0 Å². The number of rotatable bonds is 2. The van der Waals surface area contributed by atoms with E-state index in [-0.39, 0.29) is 0 Å². The largest absolute Gasteiger partial charge is 0.207 e. The Balaban J connectivity index is 2.94. The third kappa shape index (κ3) is 2.81. The first-order chi connectivity index (χ1) is 6.43. The Labute approximate surface area is 82.0 Å². The number of nitrogens with zero attached hydrogens (tertiary/aromatic N) is 1. The van der Waals surface area contributed by atoms with Crippen molar-refractivity contribution in [2.75, 3.05) is 0 Å². The van der Waals surface area contributed by atoms with Crippen LogP contribution in [0.2, 0.25) is 0 Å². The van der Waals surface area contributed by atoms with Crippen LogP contribution < -0.4 is 0 Å². The molecule has 0 N–H and O–H groups in total. The maximum atomic E-state index is 12.8. The van der Waals surface area contributed by atoms with Crippen molar-refractivity contribution >= 4 is 0 Å². The van der Waals surface area contributed by atoms with Gasteiger partial charge in [-0.05, 0) is 38.0 Å². The van der Waals surface area contributed by atoms with Crippen LogP contribution in [0, 0.1) is 28.4 Å². The van der Waals surface area contributed by atoms with Crippen molar-refractivity contribution in [3.8, 4) is 6.07 Å². The SMILES string of the molecule is CC(C)(C#N)Cc1cc(F)cc(F)c1. The predicted molar refractivity (Wildman–Crippen MR) is 49.5 cm³/mol. The third-order valence-corrected chi connectivity index (χ3v) is 1.87. The molecule has 1 aromatic rings. The maximum Gasteiger partial charge on any atom is 0.126 e. The summed E-state index contributed by atoms with van der Waals surface area (Å²) in [6, 6.07) is 5.41. The first-order valence-electron chi connectivity index (χ1n) is 4.29. The first kappa shape index (κ1) is 10.6. The standard InChI is InChI=1S/C11H11F2N/c1-11(2,7-14)6-8-3-9(12)5-10(13)4-8/h3-5H,6H2,1-2H3. The summed E-state index contributed by atoms with van der Waals surface area (Å²) < 4.78 is 25.6. The second kappa shape index (κ2) is 3.75. The van der Waals surface area contributed by atoms with Gasteiger partial charge < -0.3 is 0 Å². The number of nitriles is 1. The maximum absolute atomic E-state index is 12.8. The van der Waals surface area contributed by atoms with Crippen molar-refractivity contribution in [2.24, 2.45) is 5.41 Å². The Hall–Kier alpha value is -1.43. The van der Waals surface area contributed by atoms with E-state index in [9.17, 15) is 8.78 Å². The van der Waals surface area contributed by atoms with E-state index in [1.165, 1.54) is 12.1 Å². The topological polar surface area (TPSA) is 23.8 Å². The average Bonchev–Trinajstić information content (AvgIpc) is 2.01. The molecule has 0 bridgehead atoms. The van der Waals surface area contributed by atoms with Crippen LogP contribution >= 0.6 is 0 Å². The third-order valence-electron chi connectivity index (χ3n) is 1.87. The molecular weight excluding hydrogens is 184 g/mol. The van der Waals surface area contributed by atoms with Crippen molar-refractivity contribution in [1.29, 1.82) is 5.26 Å².